The monoisotopic (exact) mass is 874 g/mol. The highest BCUT2D eigenvalue weighted by Crippen LogP contribution is 2.41. The van der Waals surface area contributed by atoms with E-state index in [4.69, 9.17) is 46.6 Å². The fraction of sp³-hybridized carbons (Fsp3) is 0.553. The molecule has 2 heterocycles. The van der Waals surface area contributed by atoms with Crippen molar-refractivity contribution in [1.82, 2.24) is 5.32 Å². The van der Waals surface area contributed by atoms with Crippen molar-refractivity contribution in [1.29, 1.82) is 0 Å². The summed E-state index contributed by atoms with van der Waals surface area (Å²) in [5, 5.41) is 17.8. The Labute approximate surface area is 370 Å². The second-order valence-corrected chi connectivity index (χ2v) is 17.3. The van der Waals surface area contributed by atoms with Gasteiger partial charge in [-0.1, -0.05) is 101 Å². The molecule has 344 valence electrons. The van der Waals surface area contributed by atoms with Crippen molar-refractivity contribution < 1.29 is 43.2 Å². The minimum atomic E-state index is -1.43. The molecule has 16 heteroatoms. The molecule has 11 N–H and O–H groups in total. The summed E-state index contributed by atoms with van der Waals surface area (Å²) < 4.78 is 32.7. The van der Waals surface area contributed by atoms with Crippen LogP contribution in [0.4, 0.5) is 21.0 Å². The van der Waals surface area contributed by atoms with Crippen LogP contribution in [0.1, 0.15) is 65.4 Å². The summed E-state index contributed by atoms with van der Waals surface area (Å²) in [5.41, 5.74) is 27.7. The number of hydrogen-bond donors (Lipinski definition) is 7. The fourth-order valence-corrected chi connectivity index (χ4v) is 9.27. The Balaban J connectivity index is 1.33. The summed E-state index contributed by atoms with van der Waals surface area (Å²) in [6.07, 6.45) is -8.16. The van der Waals surface area contributed by atoms with Crippen LogP contribution in [0.2, 0.25) is 0 Å². The van der Waals surface area contributed by atoms with E-state index in [1.807, 2.05) is 64.1 Å². The lowest BCUT2D eigenvalue weighted by atomic mass is 9.77. The Kier molecular flexibility index (Phi) is 16.6. The van der Waals surface area contributed by atoms with E-state index < -0.39 is 85.2 Å². The third kappa shape index (κ3) is 11.0. The molecular formula is C47H67N7O9. The van der Waals surface area contributed by atoms with Gasteiger partial charge >= 0.3 is 12.2 Å². The standard InChI is InChI=1S/C47H67N7O9/c1-6-35-37(30-16-10-7-11-17-30)38(51)28(4)45(60-35)61-41-34(53-43(56)26(2)22-23-48)24-33(50)39(55)42(41)63-47(58)54(32-20-14-9-15-21-32)44-29(5)40(27(3)36(25-49)59-44)62-46(57)52-31-18-12-8-13-19-31/h7-21,26-29,33-42,44-45,55H,6,22-25,48-51H2,1-5H3,(H,52,57)(H,53,56)/t26-,27?,28?,29?,33+,34-,35?,36?,37+,38-,39?,40?,41?,42?,44-,45+/m1/s1. The van der Waals surface area contributed by atoms with Gasteiger partial charge in [-0.25, -0.2) is 9.59 Å². The smallest absolute Gasteiger partial charge is 0.416 e. The summed E-state index contributed by atoms with van der Waals surface area (Å²) in [4.78, 5) is 43.3. The number of amides is 3. The third-order valence-electron chi connectivity index (χ3n) is 13.0. The van der Waals surface area contributed by atoms with Gasteiger partial charge < -0.3 is 57.0 Å². The molecule has 0 bridgehead atoms. The molecule has 3 aromatic rings. The molecule has 3 aliphatic rings. The highest BCUT2D eigenvalue weighted by atomic mass is 16.7. The molecule has 9 unspecified atom stereocenters. The second kappa shape index (κ2) is 21.8. The molecule has 0 aromatic heterocycles. The first kappa shape index (κ1) is 47.8. The van der Waals surface area contributed by atoms with Gasteiger partial charge in [0.25, 0.3) is 0 Å². The van der Waals surface area contributed by atoms with E-state index in [2.05, 4.69) is 10.6 Å². The second-order valence-electron chi connectivity index (χ2n) is 17.3. The van der Waals surface area contributed by atoms with Gasteiger partial charge in [0.15, 0.2) is 12.4 Å². The molecule has 0 radical (unpaired) electrons. The van der Waals surface area contributed by atoms with Crippen LogP contribution in [0.3, 0.4) is 0 Å². The van der Waals surface area contributed by atoms with Crippen molar-refractivity contribution in [3.63, 3.8) is 0 Å². The van der Waals surface area contributed by atoms with E-state index in [0.717, 1.165) is 5.56 Å². The number of rotatable bonds is 14. The van der Waals surface area contributed by atoms with Crippen molar-refractivity contribution in [2.45, 2.75) is 127 Å². The Morgan fingerprint density at radius 1 is 0.825 bits per heavy atom. The predicted molar refractivity (Wildman–Crippen MR) is 239 cm³/mol. The predicted octanol–water partition coefficient (Wildman–Crippen LogP) is 4.40. The number of benzene rings is 3. The van der Waals surface area contributed by atoms with Crippen molar-refractivity contribution in [2.24, 2.45) is 46.6 Å². The van der Waals surface area contributed by atoms with E-state index in [-0.39, 0.29) is 42.7 Å². The number of nitrogens with two attached hydrogens (primary N) is 4. The van der Waals surface area contributed by atoms with Crippen LogP contribution in [-0.4, -0.2) is 104 Å². The van der Waals surface area contributed by atoms with Gasteiger partial charge in [0.2, 0.25) is 5.91 Å². The van der Waals surface area contributed by atoms with Crippen LogP contribution in [0.25, 0.3) is 0 Å². The van der Waals surface area contributed by atoms with Crippen molar-refractivity contribution in [2.75, 3.05) is 23.3 Å². The molecule has 1 saturated carbocycles. The van der Waals surface area contributed by atoms with Crippen LogP contribution in [-0.2, 0) is 28.5 Å². The first-order chi connectivity index (χ1) is 30.3. The number of nitrogens with zero attached hydrogens (tertiary/aromatic N) is 1. The van der Waals surface area contributed by atoms with Crippen molar-refractivity contribution in [3.05, 3.63) is 96.6 Å². The van der Waals surface area contributed by atoms with Gasteiger partial charge in [0, 0.05) is 59.6 Å². The zero-order chi connectivity index (χ0) is 45.4. The maximum atomic E-state index is 15.0. The van der Waals surface area contributed by atoms with Crippen molar-refractivity contribution >= 4 is 29.5 Å². The Morgan fingerprint density at radius 2 is 1.46 bits per heavy atom. The number of hydrogen-bond acceptors (Lipinski definition) is 13. The molecule has 3 aromatic carbocycles. The molecule has 3 fully saturated rings. The highest BCUT2D eigenvalue weighted by Gasteiger charge is 2.53. The summed E-state index contributed by atoms with van der Waals surface area (Å²) in [7, 11) is 0. The van der Waals surface area contributed by atoms with E-state index in [1.54, 1.807) is 61.5 Å². The maximum Gasteiger partial charge on any atom is 0.416 e. The van der Waals surface area contributed by atoms with E-state index >= 15 is 4.79 Å². The molecule has 2 saturated heterocycles. The van der Waals surface area contributed by atoms with Crippen LogP contribution in [0.5, 0.6) is 0 Å². The lowest BCUT2D eigenvalue weighted by molar-refractivity contribution is -0.273. The van der Waals surface area contributed by atoms with Gasteiger partial charge in [-0.05, 0) is 55.6 Å². The molecule has 3 amide bonds. The third-order valence-corrected chi connectivity index (χ3v) is 13.0. The van der Waals surface area contributed by atoms with Gasteiger partial charge in [0.05, 0.1) is 18.2 Å². The lowest BCUT2D eigenvalue weighted by Crippen LogP contribution is -2.67. The first-order valence-electron chi connectivity index (χ1n) is 22.3. The number of aliphatic hydroxyl groups excluding tert-OH is 1. The van der Waals surface area contributed by atoms with E-state index in [1.165, 1.54) is 4.90 Å². The number of anilines is 2. The molecule has 2 aliphatic heterocycles. The number of para-hydroxylation sites is 2. The number of ether oxygens (including phenoxy) is 5. The van der Waals surface area contributed by atoms with Gasteiger partial charge in [-0.2, -0.15) is 0 Å². The Morgan fingerprint density at radius 3 is 2.08 bits per heavy atom. The van der Waals surface area contributed by atoms with E-state index in [9.17, 15) is 14.7 Å². The molecule has 1 aliphatic carbocycles. The van der Waals surface area contributed by atoms with Gasteiger partial charge in [-0.3, -0.25) is 15.0 Å². The maximum absolute atomic E-state index is 15.0. The minimum absolute atomic E-state index is 0.0594. The molecule has 63 heavy (non-hydrogen) atoms. The average molecular weight is 874 g/mol. The van der Waals surface area contributed by atoms with Gasteiger partial charge in [-0.15, -0.1) is 0 Å². The summed E-state index contributed by atoms with van der Waals surface area (Å²) in [5.74, 6) is -2.24. The van der Waals surface area contributed by atoms with Crippen molar-refractivity contribution in [3.8, 4) is 0 Å². The minimum Gasteiger partial charge on any atom is -0.445 e. The lowest BCUT2D eigenvalue weighted by Gasteiger charge is -2.50. The van der Waals surface area contributed by atoms with E-state index in [0.29, 0.717) is 30.8 Å². The topological polar surface area (TPSA) is 249 Å². The number of aliphatic hydroxyl groups is 1. The molecule has 0 spiro atoms. The quantitative estimate of drug-likeness (QED) is 0.119. The van der Waals surface area contributed by atoms with Crippen LogP contribution in [0, 0.1) is 23.7 Å². The summed E-state index contributed by atoms with van der Waals surface area (Å²) in [6.45, 7) is 9.79. The molecular weight excluding hydrogens is 807 g/mol. The summed E-state index contributed by atoms with van der Waals surface area (Å²) >= 11 is 0. The fourth-order valence-electron chi connectivity index (χ4n) is 9.27. The Hall–Kier alpha value is -4.65. The number of nitrogens with one attached hydrogen (secondary N) is 2. The number of carbonyl (C=O) groups excluding carboxylic acids is 3. The van der Waals surface area contributed by atoms with Crippen LogP contribution in [0.15, 0.2) is 91.0 Å². The van der Waals surface area contributed by atoms with Crippen LogP contribution >= 0.6 is 0 Å². The average Bonchev–Trinajstić information content (AvgIpc) is 3.28. The SMILES string of the molecule is CCC1O[C@@H](OC2C(OC(=O)N(c3ccccc3)[C@@H]3OC(CN)C(C)C(OC(=O)Nc4ccccc4)C3C)C(O)[C@@H](N)C[C@H]2NC(=O)[C@H](C)CCN)C(C)[C@@H](N)[C@H]1c1ccccc1. The zero-order valence-electron chi connectivity index (χ0n) is 36.9. The zero-order valence-corrected chi connectivity index (χ0v) is 36.9. The molecule has 16 atom stereocenters. The first-order valence-corrected chi connectivity index (χ1v) is 22.3. The number of carbonyl (C=O) groups is 3. The largest absolute Gasteiger partial charge is 0.445 e. The summed E-state index contributed by atoms with van der Waals surface area (Å²) in [6, 6.07) is 25.5. The van der Waals surface area contributed by atoms with Crippen LogP contribution < -0.4 is 38.5 Å². The molecule has 16 nitrogen and oxygen atoms in total. The van der Waals surface area contributed by atoms with Gasteiger partial charge in [0.1, 0.15) is 24.5 Å². The normalized spacial score (nSPS) is 33.7. The highest BCUT2D eigenvalue weighted by molar-refractivity contribution is 5.88. The molecule has 6 rings (SSSR count). The Bertz CT molecular complexity index is 1920.